The zero-order valence-electron chi connectivity index (χ0n) is 37.2. The van der Waals surface area contributed by atoms with Crippen molar-refractivity contribution in [3.05, 3.63) is 126 Å². The summed E-state index contributed by atoms with van der Waals surface area (Å²) in [6.45, 7) is 3.16. The average molecular weight is 964 g/mol. The minimum atomic E-state index is -0.672. The number of ether oxygens (including phenoxy) is 3. The lowest BCUT2D eigenvalue weighted by Crippen LogP contribution is -2.27. The van der Waals surface area contributed by atoms with Crippen LogP contribution >= 0.6 is 23.2 Å². The molecule has 0 saturated heterocycles. The maximum atomic E-state index is 13.9. The van der Waals surface area contributed by atoms with E-state index in [1.54, 1.807) is 35.1 Å². The number of alkyl halides is 2. The van der Waals surface area contributed by atoms with Crippen LogP contribution in [-0.4, -0.2) is 105 Å². The summed E-state index contributed by atoms with van der Waals surface area (Å²) in [5.74, 6) is 1.11. The van der Waals surface area contributed by atoms with Gasteiger partial charge in [0.2, 0.25) is 5.91 Å². The highest BCUT2D eigenvalue weighted by Crippen LogP contribution is 2.30. The Morgan fingerprint density at radius 2 is 1.28 bits per heavy atom. The molecule has 20 heteroatoms. The molecule has 7 rings (SSSR count). The molecule has 3 amide bonds. The van der Waals surface area contributed by atoms with Gasteiger partial charge in [-0.1, -0.05) is 41.6 Å². The van der Waals surface area contributed by atoms with Crippen LogP contribution in [0.3, 0.4) is 0 Å². The summed E-state index contributed by atoms with van der Waals surface area (Å²) >= 11 is 11.9. The second-order valence-corrected chi connectivity index (χ2v) is 16.1. The van der Waals surface area contributed by atoms with Crippen LogP contribution in [0.5, 0.6) is 17.2 Å². The zero-order chi connectivity index (χ0) is 47.7. The van der Waals surface area contributed by atoms with E-state index < -0.39 is 11.8 Å². The summed E-state index contributed by atoms with van der Waals surface area (Å²) in [4.78, 5) is 56.2. The van der Waals surface area contributed by atoms with Crippen LogP contribution in [0.1, 0.15) is 45.1 Å². The van der Waals surface area contributed by atoms with Gasteiger partial charge in [0.1, 0.15) is 65.8 Å². The molecule has 4 aromatic heterocycles. The molecule has 68 heavy (non-hydrogen) atoms. The lowest BCUT2D eigenvalue weighted by Gasteiger charge is -2.23. The van der Waals surface area contributed by atoms with Crippen molar-refractivity contribution in [2.45, 2.75) is 32.4 Å². The Labute approximate surface area is 402 Å². The number of aryl methyl sites for hydroxylation is 1. The van der Waals surface area contributed by atoms with E-state index in [1.807, 2.05) is 36.4 Å². The Morgan fingerprint density at radius 3 is 1.84 bits per heavy atom. The number of para-hydroxylation sites is 2. The number of benzene rings is 3. The van der Waals surface area contributed by atoms with Gasteiger partial charge in [-0.3, -0.25) is 19.1 Å². The molecule has 0 fully saturated rings. The number of halogens is 2. The van der Waals surface area contributed by atoms with Gasteiger partial charge in [-0.2, -0.15) is 0 Å². The van der Waals surface area contributed by atoms with Crippen LogP contribution < -0.4 is 46.5 Å². The molecule has 7 N–H and O–H groups in total. The molecule has 0 spiro atoms. The summed E-state index contributed by atoms with van der Waals surface area (Å²) < 4.78 is 19.4. The topological polar surface area (TPSA) is 240 Å². The van der Waals surface area contributed by atoms with Gasteiger partial charge in [-0.15, -0.1) is 28.3 Å². The van der Waals surface area contributed by atoms with E-state index in [9.17, 15) is 14.4 Å². The molecule has 4 heterocycles. The van der Waals surface area contributed by atoms with Crippen LogP contribution in [-0.2, 0) is 24.4 Å². The molecule has 18 nitrogen and oxygen atoms in total. The third kappa shape index (κ3) is 13.5. The predicted molar refractivity (Wildman–Crippen MR) is 263 cm³/mol. The van der Waals surface area contributed by atoms with Gasteiger partial charge in [0.25, 0.3) is 11.8 Å². The number of carbonyl (C=O) groups is 3. The maximum absolute atomic E-state index is 13.9. The molecule has 3 aromatic carbocycles. The first kappa shape index (κ1) is 48.8. The molecule has 0 saturated carbocycles. The SMILES string of the molecule is NCCOc1cc(NC(=O)c2cc(OCc3cn(CCNC(=O)CCCc4ccc(N(CCCl)CCCl)cc4)nn3)cc(C(=O)Nc3cc(OCCN)c4ccccc4n3)n2)nc2ccccc12. The Bertz CT molecular complexity index is 2680. The summed E-state index contributed by atoms with van der Waals surface area (Å²) in [5, 5.41) is 18.4. The number of pyridine rings is 3. The van der Waals surface area contributed by atoms with Gasteiger partial charge in [0.05, 0.1) is 23.8 Å². The number of amides is 3. The number of nitrogens with one attached hydrogen (secondary N) is 3. The zero-order valence-corrected chi connectivity index (χ0v) is 38.7. The monoisotopic (exact) mass is 962 g/mol. The van der Waals surface area contributed by atoms with Crippen LogP contribution in [0.2, 0.25) is 0 Å². The summed E-state index contributed by atoms with van der Waals surface area (Å²) in [7, 11) is 0. The minimum Gasteiger partial charge on any atom is -0.491 e. The van der Waals surface area contributed by atoms with Crippen molar-refractivity contribution in [1.29, 1.82) is 0 Å². The quantitative estimate of drug-likeness (QED) is 0.0416. The Balaban J connectivity index is 1.00. The molecular weight excluding hydrogens is 912 g/mol. The summed E-state index contributed by atoms with van der Waals surface area (Å²) in [5.41, 5.74) is 14.9. The van der Waals surface area contributed by atoms with Crippen molar-refractivity contribution in [2.24, 2.45) is 11.5 Å². The number of hydrogen-bond acceptors (Lipinski definition) is 14. The predicted octanol–water partition coefficient (Wildman–Crippen LogP) is 5.95. The second-order valence-electron chi connectivity index (χ2n) is 15.3. The van der Waals surface area contributed by atoms with Gasteiger partial charge in [-0.25, -0.2) is 15.0 Å². The Hall–Kier alpha value is -7.12. The Morgan fingerprint density at radius 1 is 0.706 bits per heavy atom. The van der Waals surface area contributed by atoms with Gasteiger partial charge < -0.3 is 46.5 Å². The van der Waals surface area contributed by atoms with E-state index in [0.717, 1.165) is 41.5 Å². The highest BCUT2D eigenvalue weighted by Gasteiger charge is 2.20. The van der Waals surface area contributed by atoms with Gasteiger partial charge in [-0.05, 0) is 54.8 Å². The molecule has 0 atom stereocenters. The van der Waals surface area contributed by atoms with Gasteiger partial charge in [0, 0.05) is 91.6 Å². The number of carbonyl (C=O) groups excluding carboxylic acids is 3. The number of nitrogens with zero attached hydrogens (tertiary/aromatic N) is 7. The first-order valence-corrected chi connectivity index (χ1v) is 23.1. The molecular formula is C48H52Cl2N12O6. The van der Waals surface area contributed by atoms with Crippen molar-refractivity contribution >= 4 is 80.1 Å². The van der Waals surface area contributed by atoms with Gasteiger partial charge >= 0.3 is 0 Å². The normalized spacial score (nSPS) is 11.1. The number of hydrogen-bond donors (Lipinski definition) is 5. The Kier molecular flexibility index (Phi) is 17.6. The molecule has 0 aliphatic carbocycles. The summed E-state index contributed by atoms with van der Waals surface area (Å²) in [6, 6.07) is 28.9. The summed E-state index contributed by atoms with van der Waals surface area (Å²) in [6.07, 6.45) is 3.52. The van der Waals surface area contributed by atoms with Crippen LogP contribution in [0.25, 0.3) is 21.8 Å². The largest absolute Gasteiger partial charge is 0.491 e. The van der Waals surface area contributed by atoms with E-state index in [0.29, 0.717) is 65.9 Å². The van der Waals surface area contributed by atoms with Gasteiger partial charge in [0.15, 0.2) is 0 Å². The third-order valence-corrected chi connectivity index (χ3v) is 10.7. The van der Waals surface area contributed by atoms with Crippen molar-refractivity contribution in [3.8, 4) is 17.2 Å². The van der Waals surface area contributed by atoms with Crippen LogP contribution in [0.15, 0.2) is 103 Å². The number of aromatic nitrogens is 6. The molecule has 0 aliphatic heterocycles. The highest BCUT2D eigenvalue weighted by molar-refractivity contribution is 6.18. The van der Waals surface area contributed by atoms with E-state index >= 15 is 0 Å². The van der Waals surface area contributed by atoms with Crippen molar-refractivity contribution in [1.82, 2.24) is 35.3 Å². The molecule has 7 aromatic rings. The molecule has 0 aliphatic rings. The number of rotatable bonds is 25. The van der Waals surface area contributed by atoms with Crippen molar-refractivity contribution in [3.63, 3.8) is 0 Å². The fraction of sp³-hybridized carbons (Fsp3) is 0.292. The standard InChI is InChI=1S/C48H52Cl2N12O6/c49-16-21-61(22-17-50)34-14-12-32(13-15-34)6-5-11-46(63)53-20-23-62-30-33(59-60-62)31-68-35-26-40(47(64)57-44-28-42(66-24-18-51)36-7-1-3-9-38(36)55-44)54-41(27-35)48(65)58-45-29-43(67-25-19-52)37-8-2-4-10-39(37)56-45/h1-4,7-10,12-15,26-30H,5-6,11,16-25,31,51-52H2,(H,53,63)(H,55,57,64)(H,56,58,65). The van der Waals surface area contributed by atoms with E-state index in [-0.39, 0.29) is 67.6 Å². The highest BCUT2D eigenvalue weighted by atomic mass is 35.5. The number of nitrogens with two attached hydrogens (primary N) is 2. The maximum Gasteiger partial charge on any atom is 0.275 e. The lowest BCUT2D eigenvalue weighted by atomic mass is 10.1. The van der Waals surface area contributed by atoms with E-state index in [1.165, 1.54) is 12.1 Å². The third-order valence-electron chi connectivity index (χ3n) is 10.4. The molecule has 0 bridgehead atoms. The fourth-order valence-electron chi connectivity index (χ4n) is 7.14. The van der Waals surface area contributed by atoms with Crippen LogP contribution in [0.4, 0.5) is 17.3 Å². The van der Waals surface area contributed by atoms with Crippen LogP contribution in [0, 0.1) is 0 Å². The molecule has 354 valence electrons. The smallest absolute Gasteiger partial charge is 0.275 e. The number of anilines is 3. The average Bonchev–Trinajstić information content (AvgIpc) is 3.81. The lowest BCUT2D eigenvalue weighted by molar-refractivity contribution is -0.121. The van der Waals surface area contributed by atoms with E-state index in [4.69, 9.17) is 48.9 Å². The second kappa shape index (κ2) is 24.6. The fourth-order valence-corrected chi connectivity index (χ4v) is 7.55. The van der Waals surface area contributed by atoms with Crippen molar-refractivity contribution in [2.75, 3.05) is 73.2 Å². The van der Waals surface area contributed by atoms with Crippen molar-refractivity contribution < 1.29 is 28.6 Å². The van der Waals surface area contributed by atoms with E-state index in [2.05, 4.69) is 70.4 Å². The molecule has 0 radical (unpaired) electrons. The molecule has 0 unspecified atom stereocenters. The number of fused-ring (bicyclic) bond motifs is 2. The first-order chi connectivity index (χ1) is 33.2. The minimum absolute atomic E-state index is 0.0633. The first-order valence-electron chi connectivity index (χ1n) is 22.1.